The van der Waals surface area contributed by atoms with Crippen LogP contribution in [0.5, 0.6) is 0 Å². The fraction of sp³-hybridized carbons (Fsp3) is 0.885. The summed E-state index contributed by atoms with van der Waals surface area (Å²) in [6, 6.07) is -5.55. The molecule has 0 spiro atoms. The maximum absolute atomic E-state index is 13.7. The van der Waals surface area contributed by atoms with Crippen molar-refractivity contribution < 1.29 is 43.7 Å². The number of carbonyl (C=O) groups is 6. The Balaban J connectivity index is 5.17. The minimum Gasteiger partial charge on any atom is -0.480 e. The zero-order valence-corrected chi connectivity index (χ0v) is 44.7. The highest BCUT2D eigenvalue weighted by Gasteiger charge is 2.31. The Hall–Kier alpha value is -3.35. The first kappa shape index (κ1) is 66.7. The number of nitrogens with two attached hydrogens (primary N) is 2. The molecule has 4 atom stereocenters. The van der Waals surface area contributed by atoms with E-state index in [4.69, 9.17) is 16.2 Å². The monoisotopic (exact) mass is 1010 g/mol. The third-order valence-electron chi connectivity index (χ3n) is 12.4. The Labute approximate surface area is 427 Å². The normalized spacial score (nSPS) is 12.9. The Morgan fingerprint density at radius 1 is 0.471 bits per heavy atom. The number of unbranched alkanes of at least 4 members (excludes halogenated alkanes) is 26. The number of ether oxygens (including phenoxy) is 1. The van der Waals surface area contributed by atoms with Crippen molar-refractivity contribution in [2.75, 3.05) is 50.9 Å². The van der Waals surface area contributed by atoms with Crippen molar-refractivity contribution in [2.24, 2.45) is 11.5 Å². The van der Waals surface area contributed by atoms with Crippen molar-refractivity contribution in [1.29, 1.82) is 0 Å². The van der Waals surface area contributed by atoms with Crippen LogP contribution in [0.4, 0.5) is 9.59 Å². The summed E-state index contributed by atoms with van der Waals surface area (Å²) in [4.78, 5) is 77.8. The number of aliphatic hydroxyl groups excluding tert-OH is 1. The predicted octanol–water partition coefficient (Wildman–Crippen LogP) is 8.09. The standard InChI is InChI=1S/C52H102N8O9S/c1-3-5-7-9-11-13-15-17-18-20-22-24-26-32-39-69-52(68)56-38-40-70-42-46(60-51(67)55-37-31-25-23-21-19-16-14-12-10-8-6-4-2)49(64)59-45(41-61)48(63)57-43(33-27-29-35-53)47(62)58-44(50(65)66)34-28-30-36-54/h43-46,61H,3-42,53-54H2,1-2H3,(H,56,68)(H,57,63)(H,58,62)(H,59,64)(H,65,66)(H2,55,60,67). The molecule has 0 rings (SSSR count). The Kier molecular flexibility index (Phi) is 46.9. The second-order valence-corrected chi connectivity index (χ2v) is 20.0. The molecule has 0 heterocycles. The predicted molar refractivity (Wildman–Crippen MR) is 285 cm³/mol. The molecule has 0 aliphatic carbocycles. The number of carboxylic acids is 1. The molecule has 0 fully saturated rings. The van der Waals surface area contributed by atoms with Gasteiger partial charge in [0.05, 0.1) is 13.2 Å². The van der Waals surface area contributed by atoms with Crippen LogP contribution < -0.4 is 43.4 Å². The number of alkyl carbamates (subject to hydrolysis) is 1. The average molecular weight is 1020 g/mol. The van der Waals surface area contributed by atoms with Crippen LogP contribution in [-0.4, -0.2) is 121 Å². The fourth-order valence-corrected chi connectivity index (χ4v) is 8.91. The molecule has 0 radical (unpaired) electrons. The summed E-state index contributed by atoms with van der Waals surface area (Å²) in [5, 5.41) is 35.8. The molecule has 18 heteroatoms. The first-order chi connectivity index (χ1) is 34.0. The summed E-state index contributed by atoms with van der Waals surface area (Å²) >= 11 is 1.30. The van der Waals surface area contributed by atoms with E-state index in [1.165, 1.54) is 134 Å². The molecular weight excluding hydrogens is 913 g/mol. The second kappa shape index (κ2) is 49.2. The fourth-order valence-electron chi connectivity index (χ4n) is 8.02. The molecule has 410 valence electrons. The third-order valence-corrected chi connectivity index (χ3v) is 13.5. The van der Waals surface area contributed by atoms with Crippen LogP contribution in [0.1, 0.15) is 219 Å². The van der Waals surface area contributed by atoms with E-state index in [9.17, 15) is 39.0 Å². The molecule has 4 unspecified atom stereocenters. The van der Waals surface area contributed by atoms with Gasteiger partial charge in [-0.15, -0.1) is 0 Å². The van der Waals surface area contributed by atoms with Gasteiger partial charge in [0.2, 0.25) is 17.7 Å². The molecule has 0 saturated heterocycles. The van der Waals surface area contributed by atoms with Crippen LogP contribution in [0.3, 0.4) is 0 Å². The molecule has 0 aliphatic rings. The first-order valence-corrected chi connectivity index (χ1v) is 28.9. The van der Waals surface area contributed by atoms with Gasteiger partial charge in [0.25, 0.3) is 0 Å². The van der Waals surface area contributed by atoms with Gasteiger partial charge in [-0.1, -0.05) is 168 Å². The molecule has 0 saturated carbocycles. The van der Waals surface area contributed by atoms with E-state index in [0.717, 1.165) is 44.9 Å². The largest absolute Gasteiger partial charge is 0.480 e. The number of urea groups is 1. The molecule has 70 heavy (non-hydrogen) atoms. The van der Waals surface area contributed by atoms with Crippen LogP contribution in [0.15, 0.2) is 0 Å². The molecule has 0 aliphatic heterocycles. The van der Waals surface area contributed by atoms with Crippen LogP contribution >= 0.6 is 11.8 Å². The van der Waals surface area contributed by atoms with Crippen molar-refractivity contribution in [3.8, 4) is 0 Å². The van der Waals surface area contributed by atoms with Gasteiger partial charge in [-0.05, 0) is 64.5 Å². The number of carboxylic acid groups (broad SMARTS) is 1. The molecule has 0 aromatic heterocycles. The van der Waals surface area contributed by atoms with Gasteiger partial charge in [0, 0.05) is 24.6 Å². The van der Waals surface area contributed by atoms with Gasteiger partial charge < -0.3 is 58.3 Å². The number of hydrogen-bond acceptors (Lipinski definition) is 11. The summed E-state index contributed by atoms with van der Waals surface area (Å²) in [5.41, 5.74) is 11.2. The smallest absolute Gasteiger partial charge is 0.407 e. The summed E-state index contributed by atoms with van der Waals surface area (Å²) in [7, 11) is 0. The van der Waals surface area contributed by atoms with Gasteiger partial charge in [-0.3, -0.25) is 14.4 Å². The lowest BCUT2D eigenvalue weighted by molar-refractivity contribution is -0.142. The molecule has 17 nitrogen and oxygen atoms in total. The van der Waals surface area contributed by atoms with Crippen molar-refractivity contribution in [1.82, 2.24) is 31.9 Å². The summed E-state index contributed by atoms with van der Waals surface area (Å²) in [5.74, 6) is -3.07. The van der Waals surface area contributed by atoms with Crippen LogP contribution in [0, 0.1) is 0 Å². The van der Waals surface area contributed by atoms with Crippen molar-refractivity contribution in [3.63, 3.8) is 0 Å². The third kappa shape index (κ3) is 40.3. The quantitative estimate of drug-likeness (QED) is 0.0259. The van der Waals surface area contributed by atoms with Crippen LogP contribution in [0.2, 0.25) is 0 Å². The number of carbonyl (C=O) groups excluding carboxylic acids is 5. The van der Waals surface area contributed by atoms with Gasteiger partial charge in [-0.25, -0.2) is 14.4 Å². The zero-order chi connectivity index (χ0) is 51.7. The number of thioether (sulfide) groups is 1. The second-order valence-electron chi connectivity index (χ2n) is 18.8. The Morgan fingerprint density at radius 2 is 0.886 bits per heavy atom. The molecule has 0 aromatic rings. The first-order valence-electron chi connectivity index (χ1n) is 27.7. The van der Waals surface area contributed by atoms with Gasteiger partial charge in [0.1, 0.15) is 24.2 Å². The van der Waals surface area contributed by atoms with E-state index in [1.807, 2.05) is 0 Å². The van der Waals surface area contributed by atoms with E-state index in [1.54, 1.807) is 0 Å². The van der Waals surface area contributed by atoms with Gasteiger partial charge in [-0.2, -0.15) is 11.8 Å². The van der Waals surface area contributed by atoms with E-state index in [-0.39, 0.29) is 25.1 Å². The van der Waals surface area contributed by atoms with E-state index in [0.29, 0.717) is 57.7 Å². The number of hydrogen-bond donors (Lipinski definition) is 10. The lowest BCUT2D eigenvalue weighted by Crippen LogP contribution is -2.59. The summed E-state index contributed by atoms with van der Waals surface area (Å²) in [6.45, 7) is 5.39. The maximum Gasteiger partial charge on any atom is 0.407 e. The highest BCUT2D eigenvalue weighted by molar-refractivity contribution is 7.99. The van der Waals surface area contributed by atoms with Crippen LogP contribution in [0.25, 0.3) is 0 Å². The number of aliphatic carboxylic acids is 1. The topological polar surface area (TPSA) is 276 Å². The van der Waals surface area contributed by atoms with Gasteiger partial charge in [0.15, 0.2) is 0 Å². The van der Waals surface area contributed by atoms with E-state index >= 15 is 0 Å². The summed E-state index contributed by atoms with van der Waals surface area (Å²) < 4.78 is 5.35. The average Bonchev–Trinajstić information content (AvgIpc) is 3.34. The van der Waals surface area contributed by atoms with Crippen molar-refractivity contribution >= 4 is 47.6 Å². The number of nitrogens with one attached hydrogen (secondary N) is 6. The zero-order valence-electron chi connectivity index (χ0n) is 43.9. The minimum atomic E-state index is -1.49. The van der Waals surface area contributed by atoms with Crippen LogP contribution in [-0.2, 0) is 23.9 Å². The van der Waals surface area contributed by atoms with E-state index < -0.39 is 66.6 Å². The van der Waals surface area contributed by atoms with Gasteiger partial charge >= 0.3 is 18.1 Å². The number of amides is 6. The lowest BCUT2D eigenvalue weighted by atomic mass is 10.0. The minimum absolute atomic E-state index is 0.0816. The molecule has 12 N–H and O–H groups in total. The highest BCUT2D eigenvalue weighted by atomic mass is 32.2. The SMILES string of the molecule is CCCCCCCCCCCCCCCCOC(=O)NCCSCC(NC(=O)NCCCCCCCCCCCCCC)C(=O)NC(CO)C(=O)NC(CCCCN)C(=O)NC(CCCCN)C(=O)O. The maximum atomic E-state index is 13.7. The Morgan fingerprint density at radius 3 is 1.36 bits per heavy atom. The molecule has 6 amide bonds. The molecular formula is C52H102N8O9S. The highest BCUT2D eigenvalue weighted by Crippen LogP contribution is 2.14. The Bertz CT molecular complexity index is 1320. The van der Waals surface area contributed by atoms with Crippen molar-refractivity contribution in [2.45, 2.75) is 243 Å². The molecule has 0 aromatic carbocycles. The summed E-state index contributed by atoms with van der Waals surface area (Å²) in [6.07, 6.45) is 33.5. The van der Waals surface area contributed by atoms with Crippen molar-refractivity contribution in [3.05, 3.63) is 0 Å². The number of aliphatic hydroxyl groups is 1. The molecule has 0 bridgehead atoms. The van der Waals surface area contributed by atoms with E-state index in [2.05, 4.69) is 45.7 Å². The number of rotatable bonds is 50. The lowest BCUT2D eigenvalue weighted by Gasteiger charge is -2.25.